The normalized spacial score (nSPS) is 39.9. The highest BCUT2D eigenvalue weighted by Crippen LogP contribution is 2.61. The SMILES string of the molecule is CCOCCCC1(CBr)CC2CC2C1. The van der Waals surface area contributed by atoms with Crippen LogP contribution in [0.1, 0.15) is 39.0 Å². The van der Waals surface area contributed by atoms with Crippen molar-refractivity contribution < 1.29 is 4.74 Å². The molecule has 14 heavy (non-hydrogen) atoms. The molecule has 2 unspecified atom stereocenters. The van der Waals surface area contributed by atoms with Gasteiger partial charge < -0.3 is 4.74 Å². The zero-order valence-corrected chi connectivity index (χ0v) is 10.7. The lowest BCUT2D eigenvalue weighted by molar-refractivity contribution is 0.129. The summed E-state index contributed by atoms with van der Waals surface area (Å²) in [6.07, 6.45) is 7.11. The highest BCUT2D eigenvalue weighted by Gasteiger charge is 2.52. The van der Waals surface area contributed by atoms with Gasteiger partial charge in [-0.25, -0.2) is 0 Å². The molecular weight excluding hydrogens is 240 g/mol. The first-order valence-electron chi connectivity index (χ1n) is 5.93. The van der Waals surface area contributed by atoms with E-state index in [1.165, 1.54) is 37.4 Å². The Bertz CT molecular complexity index is 183. The lowest BCUT2D eigenvalue weighted by Crippen LogP contribution is -2.21. The maximum absolute atomic E-state index is 5.41. The zero-order chi connectivity index (χ0) is 10.0. The molecule has 2 rings (SSSR count). The highest BCUT2D eigenvalue weighted by atomic mass is 79.9. The van der Waals surface area contributed by atoms with Crippen molar-refractivity contribution in [3.8, 4) is 0 Å². The first-order chi connectivity index (χ1) is 6.79. The third-order valence-electron chi connectivity index (χ3n) is 3.94. The fourth-order valence-electron chi connectivity index (χ4n) is 3.08. The van der Waals surface area contributed by atoms with Crippen molar-refractivity contribution in [3.05, 3.63) is 0 Å². The third kappa shape index (κ3) is 2.33. The lowest BCUT2D eigenvalue weighted by Gasteiger charge is -2.28. The number of halogens is 1. The average molecular weight is 261 g/mol. The maximum atomic E-state index is 5.41. The van der Waals surface area contributed by atoms with Crippen molar-refractivity contribution in [3.63, 3.8) is 0 Å². The van der Waals surface area contributed by atoms with Crippen molar-refractivity contribution in [1.82, 2.24) is 0 Å². The average Bonchev–Trinajstić information content (AvgIpc) is 2.82. The molecule has 0 amide bonds. The van der Waals surface area contributed by atoms with Crippen molar-refractivity contribution in [1.29, 1.82) is 0 Å². The molecule has 0 spiro atoms. The van der Waals surface area contributed by atoms with Gasteiger partial charge in [-0.1, -0.05) is 15.9 Å². The molecule has 2 heteroatoms. The standard InChI is InChI=1S/C12H21BrO/c1-2-14-5-3-4-12(9-13)7-10-6-11(10)8-12/h10-11H,2-9H2,1H3. The van der Waals surface area contributed by atoms with Gasteiger partial charge in [0.25, 0.3) is 0 Å². The zero-order valence-electron chi connectivity index (χ0n) is 9.10. The Hall–Kier alpha value is 0.440. The molecule has 2 aliphatic rings. The summed E-state index contributed by atoms with van der Waals surface area (Å²) in [5.41, 5.74) is 0.644. The summed E-state index contributed by atoms with van der Waals surface area (Å²) in [5, 5.41) is 1.21. The van der Waals surface area contributed by atoms with Crippen LogP contribution in [0.5, 0.6) is 0 Å². The number of hydrogen-bond acceptors (Lipinski definition) is 1. The van der Waals surface area contributed by atoms with Crippen LogP contribution in [-0.4, -0.2) is 18.5 Å². The predicted octanol–water partition coefficient (Wildman–Crippen LogP) is 3.61. The molecule has 0 radical (unpaired) electrons. The van der Waals surface area contributed by atoms with Crippen LogP contribution in [0, 0.1) is 17.3 Å². The number of fused-ring (bicyclic) bond motifs is 1. The highest BCUT2D eigenvalue weighted by molar-refractivity contribution is 9.09. The van der Waals surface area contributed by atoms with E-state index in [1.807, 2.05) is 0 Å². The van der Waals surface area contributed by atoms with Crippen LogP contribution in [0.4, 0.5) is 0 Å². The van der Waals surface area contributed by atoms with E-state index in [0.717, 1.165) is 25.0 Å². The summed E-state index contributed by atoms with van der Waals surface area (Å²) in [4.78, 5) is 0. The van der Waals surface area contributed by atoms with Gasteiger partial charge in [0.05, 0.1) is 0 Å². The van der Waals surface area contributed by atoms with Gasteiger partial charge in [-0.2, -0.15) is 0 Å². The van der Waals surface area contributed by atoms with Crippen LogP contribution in [0.3, 0.4) is 0 Å². The number of alkyl halides is 1. The second-order valence-electron chi connectivity index (χ2n) is 5.10. The Morgan fingerprint density at radius 2 is 2.07 bits per heavy atom. The van der Waals surface area contributed by atoms with Gasteiger partial charge in [-0.15, -0.1) is 0 Å². The minimum Gasteiger partial charge on any atom is -0.382 e. The second kappa shape index (κ2) is 4.52. The van der Waals surface area contributed by atoms with E-state index >= 15 is 0 Å². The van der Waals surface area contributed by atoms with Crippen LogP contribution >= 0.6 is 15.9 Å². The Labute approximate surface area is 95.7 Å². The molecule has 2 aliphatic carbocycles. The van der Waals surface area contributed by atoms with E-state index in [0.29, 0.717) is 5.41 Å². The molecule has 1 nitrogen and oxygen atoms in total. The minimum absolute atomic E-state index is 0.644. The first kappa shape index (κ1) is 10.9. The summed E-state index contributed by atoms with van der Waals surface area (Å²) in [7, 11) is 0. The molecule has 0 heterocycles. The molecule has 0 N–H and O–H groups in total. The van der Waals surface area contributed by atoms with E-state index in [2.05, 4.69) is 22.9 Å². The molecule has 2 fully saturated rings. The van der Waals surface area contributed by atoms with Crippen LogP contribution in [0.15, 0.2) is 0 Å². The predicted molar refractivity (Wildman–Crippen MR) is 62.8 cm³/mol. The molecule has 0 aromatic rings. The topological polar surface area (TPSA) is 9.23 Å². The van der Waals surface area contributed by atoms with Gasteiger partial charge in [0.2, 0.25) is 0 Å². The smallest absolute Gasteiger partial charge is 0.0466 e. The number of rotatable bonds is 6. The molecule has 2 saturated carbocycles. The fourth-order valence-corrected chi connectivity index (χ4v) is 3.82. The summed E-state index contributed by atoms with van der Waals surface area (Å²) < 4.78 is 5.41. The van der Waals surface area contributed by atoms with E-state index in [-0.39, 0.29) is 0 Å². The molecule has 0 saturated heterocycles. The fraction of sp³-hybridized carbons (Fsp3) is 1.00. The summed E-state index contributed by atoms with van der Waals surface area (Å²) in [5.74, 6) is 2.19. The van der Waals surface area contributed by atoms with Crippen molar-refractivity contribution in [2.24, 2.45) is 17.3 Å². The molecule has 82 valence electrons. The molecule has 0 aromatic heterocycles. The summed E-state index contributed by atoms with van der Waals surface area (Å²) in [6.45, 7) is 3.90. The Balaban J connectivity index is 1.70. The first-order valence-corrected chi connectivity index (χ1v) is 7.05. The van der Waals surface area contributed by atoms with E-state index in [9.17, 15) is 0 Å². The second-order valence-corrected chi connectivity index (χ2v) is 5.66. The van der Waals surface area contributed by atoms with Crippen LogP contribution < -0.4 is 0 Å². The van der Waals surface area contributed by atoms with Crippen molar-refractivity contribution >= 4 is 15.9 Å². The van der Waals surface area contributed by atoms with E-state index in [4.69, 9.17) is 4.74 Å². The molecule has 0 bridgehead atoms. The van der Waals surface area contributed by atoms with Gasteiger partial charge in [0, 0.05) is 18.5 Å². The van der Waals surface area contributed by atoms with Crippen molar-refractivity contribution in [2.45, 2.75) is 39.0 Å². The van der Waals surface area contributed by atoms with E-state index in [1.54, 1.807) is 0 Å². The third-order valence-corrected chi connectivity index (χ3v) is 5.13. The largest absolute Gasteiger partial charge is 0.382 e. The quantitative estimate of drug-likeness (QED) is 0.524. The molecule has 2 atom stereocenters. The van der Waals surface area contributed by atoms with Crippen LogP contribution in [-0.2, 0) is 4.74 Å². The van der Waals surface area contributed by atoms with Gasteiger partial charge in [0.15, 0.2) is 0 Å². The van der Waals surface area contributed by atoms with Gasteiger partial charge in [-0.05, 0) is 56.3 Å². The maximum Gasteiger partial charge on any atom is 0.0466 e. The monoisotopic (exact) mass is 260 g/mol. The Morgan fingerprint density at radius 3 is 2.64 bits per heavy atom. The molecule has 0 aliphatic heterocycles. The van der Waals surface area contributed by atoms with Gasteiger partial charge in [-0.3, -0.25) is 0 Å². The van der Waals surface area contributed by atoms with Crippen LogP contribution in [0.25, 0.3) is 0 Å². The van der Waals surface area contributed by atoms with Crippen molar-refractivity contribution in [2.75, 3.05) is 18.5 Å². The summed E-state index contributed by atoms with van der Waals surface area (Å²) >= 11 is 3.71. The molecular formula is C12H21BrO. The molecule has 0 aromatic carbocycles. The Kier molecular flexibility index (Phi) is 3.54. The minimum atomic E-state index is 0.644. The van der Waals surface area contributed by atoms with Gasteiger partial charge in [0.1, 0.15) is 0 Å². The summed E-state index contributed by atoms with van der Waals surface area (Å²) in [6, 6.07) is 0. The lowest BCUT2D eigenvalue weighted by atomic mass is 9.81. The van der Waals surface area contributed by atoms with Gasteiger partial charge >= 0.3 is 0 Å². The van der Waals surface area contributed by atoms with Crippen LogP contribution in [0.2, 0.25) is 0 Å². The number of hydrogen-bond donors (Lipinski definition) is 0. The number of ether oxygens (including phenoxy) is 1. The van der Waals surface area contributed by atoms with E-state index < -0.39 is 0 Å². The Morgan fingerprint density at radius 1 is 1.36 bits per heavy atom.